The second kappa shape index (κ2) is 9.28. The van der Waals surface area contributed by atoms with Crippen molar-refractivity contribution in [3.05, 3.63) is 64.7 Å². The Hall–Kier alpha value is -2.58. The highest BCUT2D eigenvalue weighted by molar-refractivity contribution is 6.30. The number of guanidine groups is 1. The summed E-state index contributed by atoms with van der Waals surface area (Å²) < 4.78 is 44.4. The van der Waals surface area contributed by atoms with Gasteiger partial charge in [0.1, 0.15) is 0 Å². The summed E-state index contributed by atoms with van der Waals surface area (Å²) in [7, 11) is 0. The van der Waals surface area contributed by atoms with Crippen LogP contribution in [0.15, 0.2) is 53.5 Å². The molecule has 2 N–H and O–H groups in total. The third kappa shape index (κ3) is 6.20. The largest absolute Gasteiger partial charge is 0.416 e. The number of aliphatic imine (C=N–C) groups is 1. The molecule has 5 nitrogen and oxygen atoms in total. The summed E-state index contributed by atoms with van der Waals surface area (Å²) in [6, 6.07) is 10.9. The number of ether oxygens (including phenoxy) is 1. The molecular weight excluding hydrogens is 407 g/mol. The first-order valence-electron chi connectivity index (χ1n) is 8.98. The van der Waals surface area contributed by atoms with Gasteiger partial charge >= 0.3 is 6.18 Å². The standard InChI is InChI=1S/C20H19ClF3N3O2/c21-15-8-6-13(7-9-15)18(28)27-19(25-12-17-5-2-10-29-17)26-16-4-1-3-14(11-16)20(22,23)24/h1,3-4,6-9,11,17H,2,5,10,12H2,(H2,25,26,27,28)/t17-/m1/s1. The van der Waals surface area contributed by atoms with Crippen molar-refractivity contribution < 1.29 is 22.7 Å². The zero-order valence-electron chi connectivity index (χ0n) is 15.3. The number of benzene rings is 2. The number of hydrogen-bond acceptors (Lipinski definition) is 3. The third-order valence-corrected chi connectivity index (χ3v) is 4.52. The first-order chi connectivity index (χ1) is 13.8. The van der Waals surface area contributed by atoms with Gasteiger partial charge in [-0.25, -0.2) is 4.99 Å². The van der Waals surface area contributed by atoms with E-state index in [9.17, 15) is 18.0 Å². The maximum absolute atomic E-state index is 13.0. The van der Waals surface area contributed by atoms with Gasteiger partial charge in [0.2, 0.25) is 5.96 Å². The lowest BCUT2D eigenvalue weighted by Gasteiger charge is -2.15. The Labute approximate surface area is 170 Å². The predicted molar refractivity (Wildman–Crippen MR) is 105 cm³/mol. The molecule has 1 aliphatic heterocycles. The van der Waals surface area contributed by atoms with E-state index in [-0.39, 0.29) is 24.3 Å². The van der Waals surface area contributed by atoms with Gasteiger partial charge in [-0.3, -0.25) is 10.1 Å². The Bertz CT molecular complexity index is 879. The van der Waals surface area contributed by atoms with Crippen molar-refractivity contribution in [3.63, 3.8) is 0 Å². The van der Waals surface area contributed by atoms with Gasteiger partial charge in [-0.2, -0.15) is 13.2 Å². The van der Waals surface area contributed by atoms with Crippen LogP contribution in [-0.4, -0.2) is 31.1 Å². The Morgan fingerprint density at radius 1 is 1.21 bits per heavy atom. The Morgan fingerprint density at radius 2 is 1.97 bits per heavy atom. The van der Waals surface area contributed by atoms with E-state index < -0.39 is 17.6 Å². The summed E-state index contributed by atoms with van der Waals surface area (Å²) in [5, 5.41) is 5.85. The molecule has 29 heavy (non-hydrogen) atoms. The van der Waals surface area contributed by atoms with Crippen molar-refractivity contribution in [2.45, 2.75) is 25.1 Å². The lowest BCUT2D eigenvalue weighted by atomic mass is 10.2. The molecule has 0 saturated carbocycles. The summed E-state index contributed by atoms with van der Waals surface area (Å²) in [5.74, 6) is -0.424. The highest BCUT2D eigenvalue weighted by atomic mass is 35.5. The average molecular weight is 426 g/mol. The van der Waals surface area contributed by atoms with Crippen LogP contribution in [-0.2, 0) is 10.9 Å². The quantitative estimate of drug-likeness (QED) is 0.549. The molecule has 9 heteroatoms. The monoisotopic (exact) mass is 425 g/mol. The van der Waals surface area contributed by atoms with E-state index in [0.29, 0.717) is 17.2 Å². The highest BCUT2D eigenvalue weighted by Crippen LogP contribution is 2.30. The van der Waals surface area contributed by atoms with E-state index in [1.54, 1.807) is 24.3 Å². The average Bonchev–Trinajstić information content (AvgIpc) is 3.20. The van der Waals surface area contributed by atoms with Crippen LogP contribution < -0.4 is 10.6 Å². The fourth-order valence-corrected chi connectivity index (χ4v) is 2.91. The number of halogens is 4. The van der Waals surface area contributed by atoms with E-state index >= 15 is 0 Å². The maximum Gasteiger partial charge on any atom is 0.416 e. The normalized spacial score (nSPS) is 17.2. The molecule has 1 amide bonds. The van der Waals surface area contributed by atoms with Crippen LogP contribution >= 0.6 is 11.6 Å². The van der Waals surface area contributed by atoms with Crippen LogP contribution in [0.2, 0.25) is 5.02 Å². The number of amides is 1. The van der Waals surface area contributed by atoms with Crippen LogP contribution in [0, 0.1) is 0 Å². The van der Waals surface area contributed by atoms with E-state index in [0.717, 1.165) is 25.0 Å². The SMILES string of the molecule is O=C(NC(=NC[C@H]1CCCO1)Nc1cccc(C(F)(F)F)c1)c1ccc(Cl)cc1. The lowest BCUT2D eigenvalue weighted by molar-refractivity contribution is -0.137. The molecule has 0 spiro atoms. The molecule has 1 saturated heterocycles. The Morgan fingerprint density at radius 3 is 2.62 bits per heavy atom. The van der Waals surface area contributed by atoms with Crippen LogP contribution in [0.1, 0.15) is 28.8 Å². The molecule has 3 rings (SSSR count). The first kappa shape index (κ1) is 21.1. The molecule has 0 bridgehead atoms. The third-order valence-electron chi connectivity index (χ3n) is 4.27. The minimum absolute atomic E-state index is 0.0415. The predicted octanol–water partition coefficient (Wildman–Crippen LogP) is 4.74. The summed E-state index contributed by atoms with van der Waals surface area (Å²) in [5.41, 5.74) is -0.308. The van der Waals surface area contributed by atoms with E-state index in [1.165, 1.54) is 12.1 Å². The van der Waals surface area contributed by atoms with Crippen molar-refractivity contribution in [2.75, 3.05) is 18.5 Å². The zero-order valence-corrected chi connectivity index (χ0v) is 16.1. The van der Waals surface area contributed by atoms with Crippen LogP contribution in [0.4, 0.5) is 18.9 Å². The number of rotatable bonds is 4. The van der Waals surface area contributed by atoms with Crippen molar-refractivity contribution in [1.29, 1.82) is 0 Å². The number of nitrogens with one attached hydrogen (secondary N) is 2. The number of hydrogen-bond donors (Lipinski definition) is 2. The van der Waals surface area contributed by atoms with Crippen LogP contribution in [0.25, 0.3) is 0 Å². The van der Waals surface area contributed by atoms with Gasteiger partial charge in [0, 0.05) is 22.9 Å². The van der Waals surface area contributed by atoms with Crippen molar-refractivity contribution >= 4 is 29.2 Å². The Balaban J connectivity index is 1.78. The summed E-state index contributed by atoms with van der Waals surface area (Å²) in [4.78, 5) is 16.8. The minimum atomic E-state index is -4.47. The molecule has 2 aromatic rings. The highest BCUT2D eigenvalue weighted by Gasteiger charge is 2.30. The van der Waals surface area contributed by atoms with Crippen molar-refractivity contribution in [3.8, 4) is 0 Å². The van der Waals surface area contributed by atoms with Gasteiger partial charge in [-0.1, -0.05) is 17.7 Å². The molecule has 1 atom stereocenters. The number of carbonyl (C=O) groups excluding carboxylic acids is 1. The van der Waals surface area contributed by atoms with Crippen molar-refractivity contribution in [2.24, 2.45) is 4.99 Å². The smallest absolute Gasteiger partial charge is 0.376 e. The number of alkyl halides is 3. The molecule has 0 aliphatic carbocycles. The minimum Gasteiger partial charge on any atom is -0.376 e. The van der Waals surface area contributed by atoms with Crippen LogP contribution in [0.3, 0.4) is 0 Å². The fraction of sp³-hybridized carbons (Fsp3) is 0.300. The summed E-state index contributed by atoms with van der Waals surface area (Å²) in [6.07, 6.45) is -2.79. The molecule has 0 radical (unpaired) electrons. The van der Waals surface area contributed by atoms with E-state index in [2.05, 4.69) is 15.6 Å². The molecule has 154 valence electrons. The van der Waals surface area contributed by atoms with E-state index in [1.807, 2.05) is 0 Å². The van der Waals surface area contributed by atoms with Gasteiger partial charge in [-0.05, 0) is 55.3 Å². The van der Waals surface area contributed by atoms with Gasteiger partial charge in [0.15, 0.2) is 0 Å². The number of anilines is 1. The summed E-state index contributed by atoms with van der Waals surface area (Å²) >= 11 is 5.83. The number of carbonyl (C=O) groups is 1. The topological polar surface area (TPSA) is 62.7 Å². The second-order valence-corrected chi connectivity index (χ2v) is 6.93. The fourth-order valence-electron chi connectivity index (χ4n) is 2.78. The first-order valence-corrected chi connectivity index (χ1v) is 9.36. The van der Waals surface area contributed by atoms with Gasteiger partial charge in [-0.15, -0.1) is 0 Å². The molecular formula is C20H19ClF3N3O2. The lowest BCUT2D eigenvalue weighted by Crippen LogP contribution is -2.36. The van der Waals surface area contributed by atoms with E-state index in [4.69, 9.17) is 16.3 Å². The molecule has 0 aromatic heterocycles. The molecule has 2 aromatic carbocycles. The van der Waals surface area contributed by atoms with Crippen molar-refractivity contribution in [1.82, 2.24) is 5.32 Å². The van der Waals surface area contributed by atoms with Crippen LogP contribution in [0.5, 0.6) is 0 Å². The maximum atomic E-state index is 13.0. The molecule has 0 unspecified atom stereocenters. The van der Waals surface area contributed by atoms with Gasteiger partial charge in [0.25, 0.3) is 5.91 Å². The second-order valence-electron chi connectivity index (χ2n) is 6.49. The Kier molecular flexibility index (Phi) is 6.76. The molecule has 1 heterocycles. The molecule has 1 aliphatic rings. The number of nitrogens with zero attached hydrogens (tertiary/aromatic N) is 1. The zero-order chi connectivity index (χ0) is 20.9. The van der Waals surface area contributed by atoms with Gasteiger partial charge < -0.3 is 10.1 Å². The summed E-state index contributed by atoms with van der Waals surface area (Å²) in [6.45, 7) is 0.926. The van der Waals surface area contributed by atoms with Gasteiger partial charge in [0.05, 0.1) is 18.2 Å². The molecule has 1 fully saturated rings.